The monoisotopic (exact) mass is 366 g/mol. The minimum atomic E-state index is -0.299. The number of likely N-dealkylation sites (tertiary alicyclic amines) is 1. The van der Waals surface area contributed by atoms with E-state index in [2.05, 4.69) is 5.32 Å². The van der Waals surface area contributed by atoms with E-state index in [1.54, 1.807) is 12.0 Å². The van der Waals surface area contributed by atoms with Gasteiger partial charge >= 0.3 is 0 Å². The minimum Gasteiger partial charge on any atom is -0.497 e. The van der Waals surface area contributed by atoms with Gasteiger partial charge in [-0.2, -0.15) is 0 Å². The number of hydrogen-bond acceptors (Lipinski definition) is 3. The van der Waals surface area contributed by atoms with E-state index in [-0.39, 0.29) is 24.2 Å². The van der Waals surface area contributed by atoms with Crippen molar-refractivity contribution in [1.29, 1.82) is 0 Å². The fourth-order valence-corrected chi connectivity index (χ4v) is 3.46. The number of anilines is 1. The first-order valence-electron chi connectivity index (χ1n) is 9.25. The van der Waals surface area contributed by atoms with Gasteiger partial charge in [-0.3, -0.25) is 9.59 Å². The molecule has 0 saturated carbocycles. The Balaban J connectivity index is 1.57. The van der Waals surface area contributed by atoms with Crippen LogP contribution in [0.5, 0.6) is 5.75 Å². The van der Waals surface area contributed by atoms with Gasteiger partial charge in [0.2, 0.25) is 11.8 Å². The highest BCUT2D eigenvalue weighted by molar-refractivity contribution is 5.98. The molecule has 1 heterocycles. The van der Waals surface area contributed by atoms with Crippen LogP contribution in [0.25, 0.3) is 0 Å². The van der Waals surface area contributed by atoms with Crippen molar-refractivity contribution in [2.45, 2.75) is 26.7 Å². The molecule has 3 rings (SSSR count). The second-order valence-corrected chi connectivity index (χ2v) is 7.09. The van der Waals surface area contributed by atoms with Crippen LogP contribution in [-0.2, 0) is 16.0 Å². The first-order valence-corrected chi connectivity index (χ1v) is 9.25. The summed E-state index contributed by atoms with van der Waals surface area (Å²) in [5.74, 6) is 0.490. The van der Waals surface area contributed by atoms with Crippen LogP contribution >= 0.6 is 0 Å². The van der Waals surface area contributed by atoms with E-state index in [0.717, 1.165) is 34.5 Å². The lowest BCUT2D eigenvalue weighted by molar-refractivity contribution is -0.128. The maximum atomic E-state index is 12.7. The van der Waals surface area contributed by atoms with Gasteiger partial charge in [-0.1, -0.05) is 30.3 Å². The predicted molar refractivity (Wildman–Crippen MR) is 106 cm³/mol. The highest BCUT2D eigenvalue weighted by atomic mass is 16.5. The molecule has 1 N–H and O–H groups in total. The molecule has 0 radical (unpaired) electrons. The molecular weight excluding hydrogens is 340 g/mol. The van der Waals surface area contributed by atoms with Gasteiger partial charge < -0.3 is 15.0 Å². The van der Waals surface area contributed by atoms with Crippen LogP contribution in [0, 0.1) is 19.8 Å². The number of amides is 2. The van der Waals surface area contributed by atoms with Crippen LogP contribution in [0.3, 0.4) is 0 Å². The van der Waals surface area contributed by atoms with Gasteiger partial charge in [-0.05, 0) is 49.1 Å². The van der Waals surface area contributed by atoms with Gasteiger partial charge in [0.1, 0.15) is 5.75 Å². The van der Waals surface area contributed by atoms with E-state index >= 15 is 0 Å². The van der Waals surface area contributed by atoms with Crippen molar-refractivity contribution in [3.63, 3.8) is 0 Å². The number of ether oxygens (including phenoxy) is 1. The standard InChI is InChI=1S/C22H26N2O3/c1-15-5-4-6-16(2)21(15)23-22(26)18-13-20(25)24(14-18)12-11-17-7-9-19(27-3)10-8-17/h4-10,18H,11-14H2,1-3H3,(H,23,26). The minimum absolute atomic E-state index is 0.0465. The third kappa shape index (κ3) is 4.48. The Hall–Kier alpha value is -2.82. The molecule has 0 aliphatic carbocycles. The van der Waals surface area contributed by atoms with Crippen LogP contribution < -0.4 is 10.1 Å². The first kappa shape index (κ1) is 19.0. The first-order chi connectivity index (χ1) is 13.0. The Bertz CT molecular complexity index is 810. The highest BCUT2D eigenvalue weighted by Crippen LogP contribution is 2.24. The van der Waals surface area contributed by atoms with Crippen molar-refractivity contribution < 1.29 is 14.3 Å². The number of nitrogens with one attached hydrogen (secondary N) is 1. The van der Waals surface area contributed by atoms with E-state index in [1.807, 2.05) is 56.3 Å². The molecule has 0 aromatic heterocycles. The Labute approximate surface area is 160 Å². The summed E-state index contributed by atoms with van der Waals surface area (Å²) in [5.41, 5.74) is 4.06. The number of rotatable bonds is 6. The Morgan fingerprint density at radius 1 is 1.15 bits per heavy atom. The number of nitrogens with zero attached hydrogens (tertiary/aromatic N) is 1. The Kier molecular flexibility index (Phi) is 5.79. The zero-order valence-electron chi connectivity index (χ0n) is 16.1. The van der Waals surface area contributed by atoms with Gasteiger partial charge in [0.15, 0.2) is 0 Å². The average Bonchev–Trinajstić information content (AvgIpc) is 3.04. The highest BCUT2D eigenvalue weighted by Gasteiger charge is 2.34. The second-order valence-electron chi connectivity index (χ2n) is 7.09. The molecule has 1 atom stereocenters. The summed E-state index contributed by atoms with van der Waals surface area (Å²) in [6.07, 6.45) is 1.04. The van der Waals surface area contributed by atoms with Crippen LogP contribution in [0.4, 0.5) is 5.69 Å². The summed E-state index contributed by atoms with van der Waals surface area (Å²) in [4.78, 5) is 26.8. The number of aryl methyl sites for hydroxylation is 2. The molecule has 5 heteroatoms. The fraction of sp³-hybridized carbons (Fsp3) is 0.364. The molecule has 2 aromatic rings. The molecular formula is C22H26N2O3. The summed E-state index contributed by atoms with van der Waals surface area (Å²) in [6, 6.07) is 13.8. The average molecular weight is 366 g/mol. The summed E-state index contributed by atoms with van der Waals surface area (Å²) < 4.78 is 5.16. The lowest BCUT2D eigenvalue weighted by Crippen LogP contribution is -2.30. The molecule has 1 unspecified atom stereocenters. The topological polar surface area (TPSA) is 58.6 Å². The Morgan fingerprint density at radius 3 is 2.44 bits per heavy atom. The number of para-hydroxylation sites is 1. The van der Waals surface area contributed by atoms with Crippen molar-refractivity contribution in [1.82, 2.24) is 4.90 Å². The van der Waals surface area contributed by atoms with E-state index in [4.69, 9.17) is 4.74 Å². The zero-order chi connectivity index (χ0) is 19.4. The van der Waals surface area contributed by atoms with E-state index in [9.17, 15) is 9.59 Å². The predicted octanol–water partition coefficient (Wildman–Crippen LogP) is 3.34. The molecule has 0 spiro atoms. The van der Waals surface area contributed by atoms with Crippen LogP contribution in [-0.4, -0.2) is 36.9 Å². The van der Waals surface area contributed by atoms with E-state index in [0.29, 0.717) is 13.1 Å². The zero-order valence-corrected chi connectivity index (χ0v) is 16.1. The van der Waals surface area contributed by atoms with Crippen molar-refractivity contribution >= 4 is 17.5 Å². The molecule has 0 bridgehead atoms. The van der Waals surface area contributed by atoms with Gasteiger partial charge in [-0.25, -0.2) is 0 Å². The quantitative estimate of drug-likeness (QED) is 0.853. The van der Waals surface area contributed by atoms with Crippen LogP contribution in [0.1, 0.15) is 23.1 Å². The van der Waals surface area contributed by atoms with Gasteiger partial charge in [0, 0.05) is 25.2 Å². The lowest BCUT2D eigenvalue weighted by atomic mass is 10.1. The molecule has 1 fully saturated rings. The smallest absolute Gasteiger partial charge is 0.229 e. The normalized spacial score (nSPS) is 16.5. The number of hydrogen-bond donors (Lipinski definition) is 1. The van der Waals surface area contributed by atoms with Crippen molar-refractivity contribution in [3.05, 3.63) is 59.2 Å². The summed E-state index contributed by atoms with van der Waals surface area (Å²) >= 11 is 0. The molecule has 1 aliphatic rings. The number of carbonyl (C=O) groups is 2. The van der Waals surface area contributed by atoms with E-state index in [1.165, 1.54) is 0 Å². The molecule has 5 nitrogen and oxygen atoms in total. The molecule has 27 heavy (non-hydrogen) atoms. The van der Waals surface area contributed by atoms with Crippen LogP contribution in [0.15, 0.2) is 42.5 Å². The fourth-order valence-electron chi connectivity index (χ4n) is 3.46. The molecule has 2 aromatic carbocycles. The maximum absolute atomic E-state index is 12.7. The Morgan fingerprint density at radius 2 is 1.81 bits per heavy atom. The van der Waals surface area contributed by atoms with Crippen molar-refractivity contribution in [2.75, 3.05) is 25.5 Å². The third-order valence-electron chi connectivity index (χ3n) is 5.14. The summed E-state index contributed by atoms with van der Waals surface area (Å²) in [5, 5.41) is 3.02. The molecule has 2 amide bonds. The van der Waals surface area contributed by atoms with Crippen LogP contribution in [0.2, 0.25) is 0 Å². The lowest BCUT2D eigenvalue weighted by Gasteiger charge is -2.17. The second kappa shape index (κ2) is 8.25. The van der Waals surface area contributed by atoms with Gasteiger partial charge in [0.05, 0.1) is 13.0 Å². The SMILES string of the molecule is COc1ccc(CCN2CC(C(=O)Nc3c(C)cccc3C)CC2=O)cc1. The summed E-state index contributed by atoms with van der Waals surface area (Å²) in [7, 11) is 1.64. The number of benzene rings is 2. The van der Waals surface area contributed by atoms with Crippen molar-refractivity contribution in [3.8, 4) is 5.75 Å². The van der Waals surface area contributed by atoms with Crippen molar-refractivity contribution in [2.24, 2.45) is 5.92 Å². The number of carbonyl (C=O) groups excluding carboxylic acids is 2. The van der Waals surface area contributed by atoms with E-state index < -0.39 is 0 Å². The number of methoxy groups -OCH3 is 1. The maximum Gasteiger partial charge on any atom is 0.229 e. The molecule has 1 saturated heterocycles. The third-order valence-corrected chi connectivity index (χ3v) is 5.14. The molecule has 142 valence electrons. The van der Waals surface area contributed by atoms with Gasteiger partial charge in [0.25, 0.3) is 0 Å². The largest absolute Gasteiger partial charge is 0.497 e. The summed E-state index contributed by atoms with van der Waals surface area (Å²) in [6.45, 7) is 5.05. The van der Waals surface area contributed by atoms with Gasteiger partial charge in [-0.15, -0.1) is 0 Å². The molecule has 1 aliphatic heterocycles.